The normalized spacial score (nSPS) is 13.9. The fourth-order valence-corrected chi connectivity index (χ4v) is 0.924. The number of aliphatic hydroxyl groups excluding tert-OH is 2. The highest BCUT2D eigenvalue weighted by molar-refractivity contribution is 4.87. The molecule has 0 rings (SSSR count). The average Bonchev–Trinajstić information content (AvgIpc) is 2.05. The highest BCUT2D eigenvalue weighted by Gasteiger charge is 2.23. The quantitative estimate of drug-likeness (QED) is 0.528. The van der Waals surface area contributed by atoms with E-state index in [9.17, 15) is 0 Å². The molecule has 0 aromatic rings. The van der Waals surface area contributed by atoms with Crippen molar-refractivity contribution in [2.24, 2.45) is 0 Å². The lowest BCUT2D eigenvalue weighted by Crippen LogP contribution is -2.52. The summed E-state index contributed by atoms with van der Waals surface area (Å²) in [6, 6.07) is 2.00. The summed E-state index contributed by atoms with van der Waals surface area (Å²) in [5, 5.41) is 29.1. The molecule has 0 aromatic carbocycles. The summed E-state index contributed by atoms with van der Waals surface area (Å²) in [5.74, 6) is 0. The lowest BCUT2D eigenvalue weighted by Gasteiger charge is -2.29. The maximum atomic E-state index is 8.90. The molecule has 0 saturated heterocycles. The third kappa shape index (κ3) is 3.67. The molecule has 4 heteroatoms. The summed E-state index contributed by atoms with van der Waals surface area (Å²) in [7, 11) is 0. The SMILES string of the molecule is CC(CC#N)NC(C)(CO)CO. The number of hydrogen-bond acceptors (Lipinski definition) is 4. The van der Waals surface area contributed by atoms with Crippen LogP contribution in [0, 0.1) is 11.3 Å². The van der Waals surface area contributed by atoms with Crippen LogP contribution in [-0.2, 0) is 0 Å². The van der Waals surface area contributed by atoms with E-state index in [1.807, 2.05) is 13.0 Å². The first kappa shape index (κ1) is 11.4. The van der Waals surface area contributed by atoms with E-state index in [1.165, 1.54) is 0 Å². The lowest BCUT2D eigenvalue weighted by molar-refractivity contribution is 0.0962. The van der Waals surface area contributed by atoms with Gasteiger partial charge in [0.2, 0.25) is 0 Å². The second-order valence-corrected chi connectivity index (χ2v) is 3.28. The number of nitriles is 1. The second-order valence-electron chi connectivity index (χ2n) is 3.28. The van der Waals surface area contributed by atoms with E-state index in [0.29, 0.717) is 6.42 Å². The predicted molar refractivity (Wildman–Crippen MR) is 45.4 cm³/mol. The Morgan fingerprint density at radius 2 is 2.00 bits per heavy atom. The molecular weight excluding hydrogens is 156 g/mol. The number of nitrogens with one attached hydrogen (secondary N) is 1. The van der Waals surface area contributed by atoms with Gasteiger partial charge in [0.1, 0.15) is 0 Å². The van der Waals surface area contributed by atoms with Crippen LogP contribution in [0.3, 0.4) is 0 Å². The fraction of sp³-hybridized carbons (Fsp3) is 0.875. The first-order valence-electron chi connectivity index (χ1n) is 3.94. The van der Waals surface area contributed by atoms with Crippen LogP contribution in [0.4, 0.5) is 0 Å². The topological polar surface area (TPSA) is 76.3 Å². The minimum atomic E-state index is -0.684. The van der Waals surface area contributed by atoms with Crippen molar-refractivity contribution >= 4 is 0 Å². The van der Waals surface area contributed by atoms with E-state index in [0.717, 1.165) is 0 Å². The standard InChI is InChI=1S/C8H16N2O2/c1-7(3-4-9)10-8(2,5-11)6-12/h7,10-12H,3,5-6H2,1-2H3. The Morgan fingerprint density at radius 1 is 1.50 bits per heavy atom. The third-order valence-electron chi connectivity index (χ3n) is 1.69. The average molecular weight is 172 g/mol. The Morgan fingerprint density at radius 3 is 2.33 bits per heavy atom. The Balaban J connectivity index is 3.95. The molecule has 0 bridgehead atoms. The van der Waals surface area contributed by atoms with Crippen molar-refractivity contribution < 1.29 is 10.2 Å². The second kappa shape index (κ2) is 5.09. The van der Waals surface area contributed by atoms with Crippen LogP contribution in [0.5, 0.6) is 0 Å². The van der Waals surface area contributed by atoms with Crippen LogP contribution in [-0.4, -0.2) is 35.0 Å². The monoisotopic (exact) mass is 172 g/mol. The van der Waals surface area contributed by atoms with Crippen LogP contribution < -0.4 is 5.32 Å². The first-order valence-corrected chi connectivity index (χ1v) is 3.94. The molecule has 0 aliphatic carbocycles. The van der Waals surface area contributed by atoms with E-state index in [-0.39, 0.29) is 19.3 Å². The first-order chi connectivity index (χ1) is 5.58. The maximum Gasteiger partial charge on any atom is 0.0638 e. The minimum absolute atomic E-state index is 0.0145. The number of aliphatic hydroxyl groups is 2. The van der Waals surface area contributed by atoms with Crippen LogP contribution in [0.25, 0.3) is 0 Å². The number of nitrogens with zero attached hydrogens (tertiary/aromatic N) is 1. The molecule has 0 heterocycles. The minimum Gasteiger partial charge on any atom is -0.394 e. The zero-order valence-electron chi connectivity index (χ0n) is 7.54. The van der Waals surface area contributed by atoms with Crippen LogP contribution in [0.1, 0.15) is 20.3 Å². The van der Waals surface area contributed by atoms with E-state index in [1.54, 1.807) is 6.92 Å². The van der Waals surface area contributed by atoms with Gasteiger partial charge >= 0.3 is 0 Å². The highest BCUT2D eigenvalue weighted by atomic mass is 16.3. The van der Waals surface area contributed by atoms with Gasteiger partial charge in [-0.05, 0) is 13.8 Å². The van der Waals surface area contributed by atoms with Crippen molar-refractivity contribution in [3.63, 3.8) is 0 Å². The third-order valence-corrected chi connectivity index (χ3v) is 1.69. The Kier molecular flexibility index (Phi) is 4.83. The smallest absolute Gasteiger partial charge is 0.0638 e. The Hall–Kier alpha value is -0.630. The van der Waals surface area contributed by atoms with Gasteiger partial charge in [-0.1, -0.05) is 0 Å². The summed E-state index contributed by atoms with van der Waals surface area (Å²) in [6.45, 7) is 3.27. The van der Waals surface area contributed by atoms with Crippen molar-refractivity contribution in [2.45, 2.75) is 31.8 Å². The van der Waals surface area contributed by atoms with Crippen molar-refractivity contribution in [3.8, 4) is 6.07 Å². The molecule has 0 saturated carbocycles. The highest BCUT2D eigenvalue weighted by Crippen LogP contribution is 2.03. The molecule has 1 unspecified atom stereocenters. The molecule has 12 heavy (non-hydrogen) atoms. The maximum absolute atomic E-state index is 8.90. The predicted octanol–water partition coefficient (Wildman–Crippen LogP) is -0.379. The molecule has 70 valence electrons. The molecule has 0 aliphatic heterocycles. The number of rotatable bonds is 5. The lowest BCUT2D eigenvalue weighted by atomic mass is 10.0. The molecule has 1 atom stereocenters. The summed E-state index contributed by atoms with van der Waals surface area (Å²) in [5.41, 5.74) is -0.684. The van der Waals surface area contributed by atoms with Crippen molar-refractivity contribution in [3.05, 3.63) is 0 Å². The fourth-order valence-electron chi connectivity index (χ4n) is 0.924. The number of hydrogen-bond donors (Lipinski definition) is 3. The van der Waals surface area contributed by atoms with Gasteiger partial charge in [0.05, 0.1) is 31.2 Å². The van der Waals surface area contributed by atoms with Gasteiger partial charge in [0, 0.05) is 6.04 Å². The summed E-state index contributed by atoms with van der Waals surface area (Å²) >= 11 is 0. The van der Waals surface area contributed by atoms with Gasteiger partial charge in [-0.25, -0.2) is 0 Å². The molecule has 0 radical (unpaired) electrons. The van der Waals surface area contributed by atoms with E-state index < -0.39 is 5.54 Å². The summed E-state index contributed by atoms with van der Waals surface area (Å²) in [4.78, 5) is 0. The molecule has 0 fully saturated rings. The van der Waals surface area contributed by atoms with Crippen LogP contribution in [0.2, 0.25) is 0 Å². The molecule has 0 aromatic heterocycles. The van der Waals surface area contributed by atoms with E-state index >= 15 is 0 Å². The summed E-state index contributed by atoms with van der Waals surface area (Å²) in [6.07, 6.45) is 0.371. The van der Waals surface area contributed by atoms with Gasteiger partial charge in [-0.15, -0.1) is 0 Å². The van der Waals surface area contributed by atoms with Gasteiger partial charge in [-0.3, -0.25) is 0 Å². The van der Waals surface area contributed by atoms with Crippen molar-refractivity contribution in [1.29, 1.82) is 5.26 Å². The van der Waals surface area contributed by atoms with Crippen LogP contribution in [0.15, 0.2) is 0 Å². The largest absolute Gasteiger partial charge is 0.394 e. The zero-order chi connectivity index (χ0) is 9.61. The Bertz CT molecular complexity index is 161. The summed E-state index contributed by atoms with van der Waals surface area (Å²) < 4.78 is 0. The van der Waals surface area contributed by atoms with Gasteiger partial charge in [0.15, 0.2) is 0 Å². The molecular formula is C8H16N2O2. The molecule has 0 aliphatic rings. The van der Waals surface area contributed by atoms with Gasteiger partial charge in [-0.2, -0.15) is 5.26 Å². The van der Waals surface area contributed by atoms with E-state index in [2.05, 4.69) is 5.32 Å². The molecule has 3 N–H and O–H groups in total. The van der Waals surface area contributed by atoms with Crippen molar-refractivity contribution in [2.75, 3.05) is 13.2 Å². The van der Waals surface area contributed by atoms with Crippen molar-refractivity contribution in [1.82, 2.24) is 5.32 Å². The van der Waals surface area contributed by atoms with Gasteiger partial charge in [0.25, 0.3) is 0 Å². The molecule has 4 nitrogen and oxygen atoms in total. The molecule has 0 spiro atoms. The van der Waals surface area contributed by atoms with Crippen LogP contribution >= 0.6 is 0 Å². The van der Waals surface area contributed by atoms with Gasteiger partial charge < -0.3 is 15.5 Å². The molecule has 0 amide bonds. The Labute approximate surface area is 72.8 Å². The zero-order valence-corrected chi connectivity index (χ0v) is 7.54. The van der Waals surface area contributed by atoms with E-state index in [4.69, 9.17) is 15.5 Å².